The van der Waals surface area contributed by atoms with Gasteiger partial charge in [0.05, 0.1) is 17.8 Å². The summed E-state index contributed by atoms with van der Waals surface area (Å²) < 4.78 is 5.85. The number of carbonyl (C=O) groups is 2. The number of amides is 2. The third-order valence-corrected chi connectivity index (χ3v) is 4.57. The molecule has 2 amide bonds. The molecule has 0 bridgehead atoms. The molecule has 2 rings (SSSR count). The van der Waals surface area contributed by atoms with Crippen molar-refractivity contribution in [3.8, 4) is 0 Å². The molecule has 0 spiro atoms. The van der Waals surface area contributed by atoms with Crippen LogP contribution in [-0.2, 0) is 11.3 Å². The topological polar surface area (TPSA) is 87.7 Å². The second-order valence-corrected chi connectivity index (χ2v) is 7.11. The largest absolute Gasteiger partial charge is 0.478 e. The number of hydrogen-bond acceptors (Lipinski definition) is 3. The molecule has 24 heavy (non-hydrogen) atoms. The molecule has 2 unspecified atom stereocenters. The summed E-state index contributed by atoms with van der Waals surface area (Å²) in [4.78, 5) is 22.9. The van der Waals surface area contributed by atoms with Crippen LogP contribution >= 0.6 is 0 Å². The average Bonchev–Trinajstić information content (AvgIpc) is 2.52. The molecule has 1 saturated carbocycles. The van der Waals surface area contributed by atoms with E-state index in [2.05, 4.69) is 24.5 Å². The van der Waals surface area contributed by atoms with Crippen molar-refractivity contribution < 1.29 is 19.4 Å². The van der Waals surface area contributed by atoms with Crippen LogP contribution in [0.25, 0.3) is 0 Å². The Labute approximate surface area is 142 Å². The van der Waals surface area contributed by atoms with Crippen molar-refractivity contribution in [2.75, 3.05) is 0 Å². The molecule has 0 aliphatic heterocycles. The molecule has 1 aromatic rings. The first-order valence-corrected chi connectivity index (χ1v) is 8.22. The number of benzene rings is 1. The SMILES string of the molecule is CC(C)OC1CC(NC(=O)NCc2ccc(C(=O)O)cc2)C1(C)C. The van der Waals surface area contributed by atoms with E-state index in [0.29, 0.717) is 6.54 Å². The zero-order valence-electron chi connectivity index (χ0n) is 14.6. The maximum Gasteiger partial charge on any atom is 0.335 e. The normalized spacial score (nSPS) is 21.9. The van der Waals surface area contributed by atoms with Crippen LogP contribution < -0.4 is 10.6 Å². The number of carbonyl (C=O) groups excluding carboxylic acids is 1. The highest BCUT2D eigenvalue weighted by Gasteiger charge is 2.50. The Morgan fingerprint density at radius 2 is 1.92 bits per heavy atom. The van der Waals surface area contributed by atoms with Gasteiger partial charge in [-0.15, -0.1) is 0 Å². The number of nitrogens with one attached hydrogen (secondary N) is 2. The Hall–Kier alpha value is -2.08. The maximum atomic E-state index is 12.1. The van der Waals surface area contributed by atoms with Gasteiger partial charge in [0.2, 0.25) is 0 Å². The number of aromatic carboxylic acids is 1. The average molecular weight is 334 g/mol. The van der Waals surface area contributed by atoms with Gasteiger partial charge in [-0.25, -0.2) is 9.59 Å². The lowest BCUT2D eigenvalue weighted by atomic mass is 9.64. The molecule has 0 heterocycles. The smallest absolute Gasteiger partial charge is 0.335 e. The monoisotopic (exact) mass is 334 g/mol. The third kappa shape index (κ3) is 4.26. The summed E-state index contributed by atoms with van der Waals surface area (Å²) in [5.41, 5.74) is 0.990. The Kier molecular flexibility index (Phi) is 5.49. The summed E-state index contributed by atoms with van der Waals surface area (Å²) in [6.45, 7) is 8.57. The van der Waals surface area contributed by atoms with Crippen LogP contribution in [0.15, 0.2) is 24.3 Å². The number of hydrogen-bond donors (Lipinski definition) is 3. The van der Waals surface area contributed by atoms with Crippen LogP contribution in [0.3, 0.4) is 0 Å². The van der Waals surface area contributed by atoms with E-state index in [4.69, 9.17) is 9.84 Å². The molecule has 3 N–H and O–H groups in total. The number of carboxylic acid groups (broad SMARTS) is 1. The zero-order valence-corrected chi connectivity index (χ0v) is 14.6. The maximum absolute atomic E-state index is 12.1. The van der Waals surface area contributed by atoms with E-state index < -0.39 is 5.97 Å². The molecule has 1 fully saturated rings. The Bertz CT molecular complexity index is 596. The molecule has 132 valence electrons. The van der Waals surface area contributed by atoms with Crippen LogP contribution in [0.2, 0.25) is 0 Å². The lowest BCUT2D eigenvalue weighted by Crippen LogP contribution is -2.63. The molecular weight excluding hydrogens is 308 g/mol. The minimum Gasteiger partial charge on any atom is -0.478 e. The molecular formula is C18H26N2O4. The second kappa shape index (κ2) is 7.21. The lowest BCUT2D eigenvalue weighted by molar-refractivity contribution is -0.135. The van der Waals surface area contributed by atoms with Gasteiger partial charge in [-0.2, -0.15) is 0 Å². The van der Waals surface area contributed by atoms with Crippen molar-refractivity contribution in [2.45, 2.75) is 58.9 Å². The molecule has 6 heteroatoms. The first kappa shape index (κ1) is 18.3. The van der Waals surface area contributed by atoms with Crippen molar-refractivity contribution in [3.63, 3.8) is 0 Å². The Morgan fingerprint density at radius 1 is 1.29 bits per heavy atom. The van der Waals surface area contributed by atoms with Crippen molar-refractivity contribution in [1.82, 2.24) is 10.6 Å². The van der Waals surface area contributed by atoms with Gasteiger partial charge in [0, 0.05) is 18.0 Å². The van der Waals surface area contributed by atoms with Crippen molar-refractivity contribution >= 4 is 12.0 Å². The van der Waals surface area contributed by atoms with E-state index in [1.54, 1.807) is 12.1 Å². The van der Waals surface area contributed by atoms with E-state index in [1.807, 2.05) is 13.8 Å². The van der Waals surface area contributed by atoms with E-state index in [9.17, 15) is 9.59 Å². The highest BCUT2D eigenvalue weighted by molar-refractivity contribution is 5.87. The molecule has 1 aromatic carbocycles. The fraction of sp³-hybridized carbons (Fsp3) is 0.556. The fourth-order valence-electron chi connectivity index (χ4n) is 2.85. The summed E-state index contributed by atoms with van der Waals surface area (Å²) in [7, 11) is 0. The minimum atomic E-state index is -0.961. The van der Waals surface area contributed by atoms with Gasteiger partial charge in [-0.1, -0.05) is 26.0 Å². The molecule has 6 nitrogen and oxygen atoms in total. The van der Waals surface area contributed by atoms with Crippen LogP contribution in [0, 0.1) is 5.41 Å². The Balaban J connectivity index is 1.79. The number of urea groups is 1. The standard InChI is InChI=1S/C18H26N2O4/c1-11(2)24-15-9-14(18(15,3)4)20-17(23)19-10-12-5-7-13(8-6-12)16(21)22/h5-8,11,14-15H,9-10H2,1-4H3,(H,21,22)(H2,19,20,23). The molecule has 0 aromatic heterocycles. The molecule has 0 saturated heterocycles. The summed E-state index contributed by atoms with van der Waals surface area (Å²) in [6.07, 6.45) is 1.15. The van der Waals surface area contributed by atoms with Gasteiger partial charge in [-0.05, 0) is 38.0 Å². The predicted octanol–water partition coefficient (Wildman–Crippen LogP) is 2.78. The van der Waals surface area contributed by atoms with Gasteiger partial charge in [0.1, 0.15) is 0 Å². The van der Waals surface area contributed by atoms with Crippen molar-refractivity contribution in [2.24, 2.45) is 5.41 Å². The van der Waals surface area contributed by atoms with Gasteiger partial charge in [-0.3, -0.25) is 0 Å². The zero-order chi connectivity index (χ0) is 17.9. The van der Waals surface area contributed by atoms with E-state index in [1.165, 1.54) is 12.1 Å². The van der Waals surface area contributed by atoms with Crippen LogP contribution in [-0.4, -0.2) is 35.4 Å². The van der Waals surface area contributed by atoms with Crippen LogP contribution in [0.1, 0.15) is 50.0 Å². The van der Waals surface area contributed by atoms with E-state index in [0.717, 1.165) is 12.0 Å². The van der Waals surface area contributed by atoms with Crippen molar-refractivity contribution in [3.05, 3.63) is 35.4 Å². The quantitative estimate of drug-likeness (QED) is 0.746. The first-order chi connectivity index (χ1) is 11.2. The Morgan fingerprint density at radius 3 is 2.42 bits per heavy atom. The van der Waals surface area contributed by atoms with Gasteiger partial charge in [0.25, 0.3) is 0 Å². The molecule has 1 aliphatic carbocycles. The van der Waals surface area contributed by atoms with Crippen LogP contribution in [0.5, 0.6) is 0 Å². The van der Waals surface area contributed by atoms with Gasteiger partial charge >= 0.3 is 12.0 Å². The highest BCUT2D eigenvalue weighted by Crippen LogP contribution is 2.43. The molecule has 1 aliphatic rings. The third-order valence-electron chi connectivity index (χ3n) is 4.57. The number of ether oxygens (including phenoxy) is 1. The summed E-state index contributed by atoms with van der Waals surface area (Å²) in [5, 5.41) is 14.6. The van der Waals surface area contributed by atoms with Crippen LogP contribution in [0.4, 0.5) is 4.79 Å². The lowest BCUT2D eigenvalue weighted by Gasteiger charge is -2.52. The summed E-state index contributed by atoms with van der Waals surface area (Å²) in [5.74, 6) is -0.961. The number of rotatable bonds is 6. The fourth-order valence-corrected chi connectivity index (χ4v) is 2.85. The van der Waals surface area contributed by atoms with Crippen molar-refractivity contribution in [1.29, 1.82) is 0 Å². The van der Waals surface area contributed by atoms with Gasteiger partial charge in [0.15, 0.2) is 0 Å². The molecule has 2 atom stereocenters. The predicted molar refractivity (Wildman–Crippen MR) is 91.0 cm³/mol. The minimum absolute atomic E-state index is 0.0793. The van der Waals surface area contributed by atoms with E-state index in [-0.39, 0.29) is 35.3 Å². The molecule has 0 radical (unpaired) electrons. The summed E-state index contributed by atoms with van der Waals surface area (Å²) >= 11 is 0. The van der Waals surface area contributed by atoms with E-state index >= 15 is 0 Å². The van der Waals surface area contributed by atoms with Gasteiger partial charge < -0.3 is 20.5 Å². The number of carboxylic acids is 1. The second-order valence-electron chi connectivity index (χ2n) is 7.11. The highest BCUT2D eigenvalue weighted by atomic mass is 16.5. The summed E-state index contributed by atoms with van der Waals surface area (Å²) in [6, 6.07) is 6.31. The first-order valence-electron chi connectivity index (χ1n) is 8.22.